The highest BCUT2D eigenvalue weighted by molar-refractivity contribution is 5.88. The lowest BCUT2D eigenvalue weighted by Gasteiger charge is -2.20. The zero-order valence-corrected chi connectivity index (χ0v) is 13.1. The molecule has 0 saturated carbocycles. The summed E-state index contributed by atoms with van der Waals surface area (Å²) in [6, 6.07) is 2.85. The highest BCUT2D eigenvalue weighted by Gasteiger charge is 2.22. The van der Waals surface area contributed by atoms with Crippen molar-refractivity contribution in [3.8, 4) is 0 Å². The summed E-state index contributed by atoms with van der Waals surface area (Å²) < 4.78 is 26.5. The molecule has 23 heavy (non-hydrogen) atoms. The van der Waals surface area contributed by atoms with E-state index < -0.39 is 17.7 Å². The van der Waals surface area contributed by atoms with Crippen molar-refractivity contribution in [3.05, 3.63) is 35.4 Å². The molecule has 0 aromatic heterocycles. The Morgan fingerprint density at radius 1 is 1.39 bits per heavy atom. The van der Waals surface area contributed by atoms with Crippen LogP contribution < -0.4 is 10.6 Å². The lowest BCUT2D eigenvalue weighted by Crippen LogP contribution is -2.48. The molecule has 126 valence electrons. The van der Waals surface area contributed by atoms with E-state index in [0.717, 1.165) is 18.9 Å². The molecule has 5 nitrogen and oxygen atoms in total. The van der Waals surface area contributed by atoms with Gasteiger partial charge in [0.25, 0.3) is 0 Å². The van der Waals surface area contributed by atoms with Crippen LogP contribution >= 0.6 is 0 Å². The van der Waals surface area contributed by atoms with E-state index >= 15 is 0 Å². The summed E-state index contributed by atoms with van der Waals surface area (Å²) in [5.41, 5.74) is 0.314. The molecular formula is C16H21F2N3O2. The first-order chi connectivity index (χ1) is 11.0. The Labute approximate surface area is 134 Å². The van der Waals surface area contributed by atoms with Crippen LogP contribution in [0.4, 0.5) is 8.78 Å². The fourth-order valence-electron chi connectivity index (χ4n) is 2.56. The third-order valence-electron chi connectivity index (χ3n) is 3.74. The normalized spacial score (nSPS) is 18.4. The standard InChI is InChI=1S/C16H21F2N3O2/c1-21(9-11-5-6-12(17)8-13(11)18)10-15(22)20-14-4-2-3-7-19-16(14)23/h5-6,8,14H,2-4,7,9-10H2,1H3,(H,19,23)(H,20,22)/t14-/m1/s1. The van der Waals surface area contributed by atoms with Gasteiger partial charge in [0.15, 0.2) is 0 Å². The molecule has 0 aliphatic carbocycles. The molecule has 7 heteroatoms. The van der Waals surface area contributed by atoms with Crippen LogP contribution in [0.25, 0.3) is 0 Å². The van der Waals surface area contributed by atoms with Gasteiger partial charge in [-0.1, -0.05) is 6.07 Å². The van der Waals surface area contributed by atoms with Crippen molar-refractivity contribution in [3.63, 3.8) is 0 Å². The summed E-state index contributed by atoms with van der Waals surface area (Å²) in [6.45, 7) is 0.839. The van der Waals surface area contributed by atoms with Gasteiger partial charge in [0, 0.05) is 24.7 Å². The van der Waals surface area contributed by atoms with E-state index in [2.05, 4.69) is 10.6 Å². The minimum absolute atomic E-state index is 0.0284. The first-order valence-corrected chi connectivity index (χ1v) is 7.65. The van der Waals surface area contributed by atoms with E-state index in [0.29, 0.717) is 18.5 Å². The molecule has 1 heterocycles. The van der Waals surface area contributed by atoms with E-state index in [1.165, 1.54) is 12.1 Å². The number of amides is 2. The zero-order valence-electron chi connectivity index (χ0n) is 13.1. The first-order valence-electron chi connectivity index (χ1n) is 7.65. The van der Waals surface area contributed by atoms with Crippen LogP contribution in [-0.2, 0) is 16.1 Å². The summed E-state index contributed by atoms with van der Waals surface area (Å²) in [7, 11) is 1.66. The molecule has 2 N–H and O–H groups in total. The molecule has 0 radical (unpaired) electrons. The maximum Gasteiger partial charge on any atom is 0.242 e. The van der Waals surface area contributed by atoms with Crippen molar-refractivity contribution in [2.75, 3.05) is 20.1 Å². The Hall–Kier alpha value is -2.02. The molecule has 1 aliphatic heterocycles. The number of nitrogens with one attached hydrogen (secondary N) is 2. The molecule has 0 unspecified atom stereocenters. The monoisotopic (exact) mass is 325 g/mol. The predicted molar refractivity (Wildman–Crippen MR) is 81.5 cm³/mol. The number of nitrogens with zero attached hydrogens (tertiary/aromatic N) is 1. The largest absolute Gasteiger partial charge is 0.354 e. The van der Waals surface area contributed by atoms with Gasteiger partial charge in [-0.15, -0.1) is 0 Å². The van der Waals surface area contributed by atoms with Crippen LogP contribution in [0, 0.1) is 11.6 Å². The van der Waals surface area contributed by atoms with Crippen molar-refractivity contribution < 1.29 is 18.4 Å². The average Bonchev–Trinajstić information content (AvgIpc) is 2.67. The number of carbonyl (C=O) groups excluding carboxylic acids is 2. The van der Waals surface area contributed by atoms with E-state index in [-0.39, 0.29) is 24.9 Å². The molecule has 1 fully saturated rings. The number of benzene rings is 1. The topological polar surface area (TPSA) is 61.4 Å². The Bertz CT molecular complexity index is 580. The maximum atomic E-state index is 13.6. The minimum Gasteiger partial charge on any atom is -0.354 e. The molecule has 0 bridgehead atoms. The Morgan fingerprint density at radius 2 is 2.17 bits per heavy atom. The second-order valence-corrected chi connectivity index (χ2v) is 5.81. The third kappa shape index (κ3) is 5.28. The highest BCUT2D eigenvalue weighted by atomic mass is 19.1. The molecule has 1 saturated heterocycles. The zero-order chi connectivity index (χ0) is 16.8. The van der Waals surface area contributed by atoms with Gasteiger partial charge in [0.2, 0.25) is 11.8 Å². The second kappa shape index (κ2) is 8.01. The third-order valence-corrected chi connectivity index (χ3v) is 3.74. The molecule has 0 spiro atoms. The highest BCUT2D eigenvalue weighted by Crippen LogP contribution is 2.11. The number of hydrogen-bond acceptors (Lipinski definition) is 3. The van der Waals surface area contributed by atoms with Gasteiger partial charge in [0.05, 0.1) is 6.54 Å². The molecule has 1 aromatic carbocycles. The van der Waals surface area contributed by atoms with Crippen molar-refractivity contribution >= 4 is 11.8 Å². The molecule has 1 atom stereocenters. The number of carbonyl (C=O) groups is 2. The second-order valence-electron chi connectivity index (χ2n) is 5.81. The molecule has 2 amide bonds. The van der Waals surface area contributed by atoms with Gasteiger partial charge in [-0.2, -0.15) is 0 Å². The number of likely N-dealkylation sites (N-methyl/N-ethyl adjacent to an activating group) is 1. The summed E-state index contributed by atoms with van der Waals surface area (Å²) in [5, 5.41) is 5.46. The average molecular weight is 325 g/mol. The summed E-state index contributed by atoms with van der Waals surface area (Å²) in [4.78, 5) is 25.4. The van der Waals surface area contributed by atoms with Crippen molar-refractivity contribution in [2.45, 2.75) is 31.8 Å². The Kier molecular flexibility index (Phi) is 6.04. The van der Waals surface area contributed by atoms with Crippen LogP contribution in [-0.4, -0.2) is 42.9 Å². The van der Waals surface area contributed by atoms with Crippen LogP contribution in [0.15, 0.2) is 18.2 Å². The maximum absolute atomic E-state index is 13.6. The van der Waals surface area contributed by atoms with E-state index in [4.69, 9.17) is 0 Å². The molecule has 1 aliphatic rings. The fourth-order valence-corrected chi connectivity index (χ4v) is 2.56. The van der Waals surface area contributed by atoms with Crippen LogP contribution in [0.1, 0.15) is 24.8 Å². The van der Waals surface area contributed by atoms with Crippen molar-refractivity contribution in [2.24, 2.45) is 0 Å². The van der Waals surface area contributed by atoms with E-state index in [9.17, 15) is 18.4 Å². The lowest BCUT2D eigenvalue weighted by molar-refractivity contribution is -0.129. The van der Waals surface area contributed by atoms with E-state index in [1.54, 1.807) is 11.9 Å². The molecular weight excluding hydrogens is 304 g/mol. The lowest BCUT2D eigenvalue weighted by atomic mass is 10.1. The van der Waals surface area contributed by atoms with Crippen LogP contribution in [0.2, 0.25) is 0 Å². The number of halogens is 2. The van der Waals surface area contributed by atoms with Gasteiger partial charge in [-0.3, -0.25) is 14.5 Å². The SMILES string of the molecule is CN(CC(=O)N[C@@H]1CCCCNC1=O)Cc1ccc(F)cc1F. The quantitative estimate of drug-likeness (QED) is 0.855. The number of rotatable bonds is 5. The van der Waals surface area contributed by atoms with Crippen LogP contribution in [0.3, 0.4) is 0 Å². The number of hydrogen-bond donors (Lipinski definition) is 2. The van der Waals surface area contributed by atoms with Gasteiger partial charge in [-0.25, -0.2) is 8.78 Å². The summed E-state index contributed by atoms with van der Waals surface area (Å²) in [5.74, 6) is -1.73. The minimum atomic E-state index is -0.639. The van der Waals surface area contributed by atoms with Crippen molar-refractivity contribution in [1.29, 1.82) is 0 Å². The molecule has 2 rings (SSSR count). The van der Waals surface area contributed by atoms with E-state index in [1.807, 2.05) is 0 Å². The smallest absolute Gasteiger partial charge is 0.242 e. The van der Waals surface area contributed by atoms with Gasteiger partial charge >= 0.3 is 0 Å². The van der Waals surface area contributed by atoms with Crippen molar-refractivity contribution in [1.82, 2.24) is 15.5 Å². The van der Waals surface area contributed by atoms with Crippen LogP contribution in [0.5, 0.6) is 0 Å². The van der Waals surface area contributed by atoms with Gasteiger partial charge in [-0.05, 0) is 32.4 Å². The Morgan fingerprint density at radius 3 is 2.91 bits per heavy atom. The summed E-state index contributed by atoms with van der Waals surface area (Å²) >= 11 is 0. The van der Waals surface area contributed by atoms with Gasteiger partial charge < -0.3 is 10.6 Å². The molecule has 1 aromatic rings. The van der Waals surface area contributed by atoms with Gasteiger partial charge in [0.1, 0.15) is 17.7 Å². The first kappa shape index (κ1) is 17.3. The predicted octanol–water partition coefficient (Wildman–Crippen LogP) is 1.18. The fraction of sp³-hybridized carbons (Fsp3) is 0.500. The Balaban J connectivity index is 1.85. The summed E-state index contributed by atoms with van der Waals surface area (Å²) in [6.07, 6.45) is 2.40.